The Bertz CT molecular complexity index is 576. The van der Waals surface area contributed by atoms with Crippen LogP contribution in [0.5, 0.6) is 0 Å². The van der Waals surface area contributed by atoms with Gasteiger partial charge in [0.1, 0.15) is 6.54 Å². The van der Waals surface area contributed by atoms with Crippen molar-refractivity contribution in [3.63, 3.8) is 0 Å². The van der Waals surface area contributed by atoms with Crippen LogP contribution in [-0.4, -0.2) is 39.2 Å². The molecule has 0 unspecified atom stereocenters. The first-order valence-corrected chi connectivity index (χ1v) is 6.42. The van der Waals surface area contributed by atoms with Gasteiger partial charge in [0.2, 0.25) is 5.91 Å². The number of carbonyl (C=O) groups excluding carboxylic acids is 1. The summed E-state index contributed by atoms with van der Waals surface area (Å²) in [7, 11) is 0. The molecule has 0 saturated carbocycles. The molecule has 0 aliphatic heterocycles. The molecule has 0 aromatic carbocycles. The molecule has 104 valence electrons. The number of hydrogen-bond donors (Lipinski definition) is 2. The minimum Gasteiger partial charge on any atom is -0.337 e. The lowest BCUT2D eigenvalue weighted by molar-refractivity contribution is -0.131. The highest BCUT2D eigenvalue weighted by atomic mass is 32.1. The molecule has 1 rings (SSSR count). The predicted molar refractivity (Wildman–Crippen MR) is 76.7 cm³/mol. The summed E-state index contributed by atoms with van der Waals surface area (Å²) in [5, 5.41) is 0. The molecule has 1 amide bonds. The predicted octanol–water partition coefficient (Wildman–Crippen LogP) is -0.211. The van der Waals surface area contributed by atoms with Gasteiger partial charge in [-0.3, -0.25) is 19.1 Å². The lowest BCUT2D eigenvalue weighted by Gasteiger charge is -2.20. The summed E-state index contributed by atoms with van der Waals surface area (Å²) in [6.07, 6.45) is 2.99. The fourth-order valence-corrected chi connectivity index (χ4v) is 1.82. The molecule has 0 radical (unpaired) electrons. The molecule has 0 fully saturated rings. The lowest BCUT2D eigenvalue weighted by Crippen LogP contribution is -2.39. The standard InChI is InChI=1S/C12H17N3O3S/c1-3-4-14(5-6-19)10(16)8-15-7-9(2)11(17)13-12(15)18/h3,7,19H,1,4-6,8H2,2H3,(H,13,17,18). The zero-order valence-corrected chi connectivity index (χ0v) is 11.7. The third-order valence-electron chi connectivity index (χ3n) is 2.57. The number of hydrogen-bond acceptors (Lipinski definition) is 4. The maximum atomic E-state index is 12.0. The lowest BCUT2D eigenvalue weighted by atomic mass is 10.3. The number of amides is 1. The van der Waals surface area contributed by atoms with E-state index in [0.717, 1.165) is 0 Å². The molecule has 0 saturated heterocycles. The second-order valence-corrected chi connectivity index (χ2v) is 4.50. The Balaban J connectivity index is 2.92. The molecule has 0 bridgehead atoms. The monoisotopic (exact) mass is 283 g/mol. The van der Waals surface area contributed by atoms with E-state index in [2.05, 4.69) is 24.2 Å². The van der Waals surface area contributed by atoms with E-state index in [1.54, 1.807) is 17.9 Å². The van der Waals surface area contributed by atoms with E-state index >= 15 is 0 Å². The van der Waals surface area contributed by atoms with Crippen molar-refractivity contribution in [1.29, 1.82) is 0 Å². The highest BCUT2D eigenvalue weighted by Crippen LogP contribution is 1.95. The van der Waals surface area contributed by atoms with Crippen LogP contribution in [0.3, 0.4) is 0 Å². The molecule has 0 aliphatic rings. The Kier molecular flexibility index (Phi) is 5.62. The van der Waals surface area contributed by atoms with E-state index in [1.165, 1.54) is 10.8 Å². The van der Waals surface area contributed by atoms with Crippen molar-refractivity contribution in [1.82, 2.24) is 14.5 Å². The van der Waals surface area contributed by atoms with Crippen LogP contribution >= 0.6 is 12.6 Å². The fraction of sp³-hybridized carbons (Fsp3) is 0.417. The molecule has 19 heavy (non-hydrogen) atoms. The number of aromatic amines is 1. The van der Waals surface area contributed by atoms with Crippen LogP contribution in [0.15, 0.2) is 28.4 Å². The first kappa shape index (κ1) is 15.3. The summed E-state index contributed by atoms with van der Waals surface area (Å²) < 4.78 is 1.19. The van der Waals surface area contributed by atoms with Crippen LogP contribution in [0.4, 0.5) is 0 Å². The molecule has 1 N–H and O–H groups in total. The van der Waals surface area contributed by atoms with E-state index in [-0.39, 0.29) is 12.5 Å². The molecule has 1 aromatic heterocycles. The Morgan fingerprint density at radius 3 is 2.84 bits per heavy atom. The van der Waals surface area contributed by atoms with Gasteiger partial charge in [-0.05, 0) is 6.92 Å². The third kappa shape index (κ3) is 4.13. The molecule has 7 heteroatoms. The van der Waals surface area contributed by atoms with Crippen LogP contribution in [0.1, 0.15) is 5.56 Å². The maximum Gasteiger partial charge on any atom is 0.328 e. The van der Waals surface area contributed by atoms with Gasteiger partial charge in [-0.2, -0.15) is 12.6 Å². The first-order valence-electron chi connectivity index (χ1n) is 5.79. The molecule has 0 spiro atoms. The topological polar surface area (TPSA) is 75.2 Å². The Hall–Kier alpha value is -1.76. The van der Waals surface area contributed by atoms with Crippen LogP contribution in [0, 0.1) is 6.92 Å². The summed E-state index contributed by atoms with van der Waals surface area (Å²) in [4.78, 5) is 38.5. The number of H-pyrrole nitrogens is 1. The van der Waals surface area contributed by atoms with Crippen molar-refractivity contribution in [3.8, 4) is 0 Å². The SMILES string of the molecule is C=CCN(CCS)C(=O)Cn1cc(C)c(=O)[nH]c1=O. The maximum absolute atomic E-state index is 12.0. The van der Waals surface area contributed by atoms with Crippen molar-refractivity contribution in [2.24, 2.45) is 0 Å². The molecular weight excluding hydrogens is 266 g/mol. The largest absolute Gasteiger partial charge is 0.337 e. The second-order valence-electron chi connectivity index (χ2n) is 4.05. The van der Waals surface area contributed by atoms with Crippen molar-refractivity contribution in [3.05, 3.63) is 45.3 Å². The van der Waals surface area contributed by atoms with Gasteiger partial charge in [0.15, 0.2) is 0 Å². The van der Waals surface area contributed by atoms with Gasteiger partial charge >= 0.3 is 5.69 Å². The smallest absolute Gasteiger partial charge is 0.328 e. The van der Waals surface area contributed by atoms with E-state index < -0.39 is 11.2 Å². The summed E-state index contributed by atoms with van der Waals surface area (Å²) >= 11 is 4.08. The zero-order chi connectivity index (χ0) is 14.4. The normalized spacial score (nSPS) is 10.2. The number of nitrogens with one attached hydrogen (secondary N) is 1. The average molecular weight is 283 g/mol. The summed E-state index contributed by atoms with van der Waals surface area (Å²) in [5.41, 5.74) is -0.641. The molecule has 1 aromatic rings. The summed E-state index contributed by atoms with van der Waals surface area (Å²) in [6, 6.07) is 0. The zero-order valence-electron chi connectivity index (χ0n) is 10.8. The Morgan fingerprint density at radius 2 is 2.26 bits per heavy atom. The first-order chi connectivity index (χ1) is 8.99. The molecule has 6 nitrogen and oxygen atoms in total. The fourth-order valence-electron chi connectivity index (χ4n) is 1.58. The number of aromatic nitrogens is 2. The van der Waals surface area contributed by atoms with Crippen molar-refractivity contribution >= 4 is 18.5 Å². The van der Waals surface area contributed by atoms with Gasteiger partial charge in [0.25, 0.3) is 5.56 Å². The van der Waals surface area contributed by atoms with E-state index in [1.807, 2.05) is 0 Å². The number of nitrogens with zero attached hydrogens (tertiary/aromatic N) is 2. The number of rotatable bonds is 6. The van der Waals surface area contributed by atoms with Gasteiger partial charge in [-0.15, -0.1) is 6.58 Å². The minimum atomic E-state index is -0.589. The van der Waals surface area contributed by atoms with Crippen LogP contribution in [-0.2, 0) is 11.3 Å². The van der Waals surface area contributed by atoms with Gasteiger partial charge in [-0.25, -0.2) is 4.79 Å². The molecule has 0 aliphatic carbocycles. The number of aryl methyl sites for hydroxylation is 1. The number of carbonyl (C=O) groups is 1. The molecule has 0 atom stereocenters. The second kappa shape index (κ2) is 6.98. The van der Waals surface area contributed by atoms with Gasteiger partial charge in [0, 0.05) is 30.6 Å². The van der Waals surface area contributed by atoms with Crippen LogP contribution in [0.25, 0.3) is 0 Å². The number of thiol groups is 1. The summed E-state index contributed by atoms with van der Waals surface area (Å²) in [6.45, 7) is 5.92. The minimum absolute atomic E-state index is 0.113. The Morgan fingerprint density at radius 1 is 1.58 bits per heavy atom. The quantitative estimate of drug-likeness (QED) is 0.560. The third-order valence-corrected chi connectivity index (χ3v) is 2.77. The average Bonchev–Trinajstić information content (AvgIpc) is 2.35. The van der Waals surface area contributed by atoms with E-state index in [4.69, 9.17) is 0 Å². The van der Waals surface area contributed by atoms with Crippen LogP contribution in [0.2, 0.25) is 0 Å². The Labute approximate surface area is 116 Å². The van der Waals surface area contributed by atoms with Gasteiger partial charge < -0.3 is 4.90 Å². The highest BCUT2D eigenvalue weighted by molar-refractivity contribution is 7.80. The highest BCUT2D eigenvalue weighted by Gasteiger charge is 2.13. The summed E-state index contributed by atoms with van der Waals surface area (Å²) in [5.74, 6) is 0.307. The van der Waals surface area contributed by atoms with Gasteiger partial charge in [-0.1, -0.05) is 6.08 Å². The van der Waals surface area contributed by atoms with E-state index in [9.17, 15) is 14.4 Å². The van der Waals surface area contributed by atoms with E-state index in [0.29, 0.717) is 24.4 Å². The van der Waals surface area contributed by atoms with Crippen LogP contribution < -0.4 is 11.2 Å². The van der Waals surface area contributed by atoms with Crippen molar-refractivity contribution in [2.75, 3.05) is 18.8 Å². The molecule has 1 heterocycles. The molecular formula is C12H17N3O3S. The van der Waals surface area contributed by atoms with Crippen molar-refractivity contribution < 1.29 is 4.79 Å². The van der Waals surface area contributed by atoms with Gasteiger partial charge in [0.05, 0.1) is 0 Å². The van der Waals surface area contributed by atoms with Crippen molar-refractivity contribution in [2.45, 2.75) is 13.5 Å².